The van der Waals surface area contributed by atoms with E-state index in [9.17, 15) is 9.59 Å². The van der Waals surface area contributed by atoms with E-state index in [1.54, 1.807) is 0 Å². The fraction of sp³-hybridized carbons (Fsp3) is 0.857. The monoisotopic (exact) mass is 304 g/mol. The van der Waals surface area contributed by atoms with Crippen molar-refractivity contribution in [1.82, 2.24) is 10.6 Å². The van der Waals surface area contributed by atoms with Gasteiger partial charge >= 0.3 is 5.97 Å². The summed E-state index contributed by atoms with van der Waals surface area (Å²) in [5.41, 5.74) is 0. The summed E-state index contributed by atoms with van der Waals surface area (Å²) in [5, 5.41) is 6.16. The van der Waals surface area contributed by atoms with Crippen molar-refractivity contribution in [2.45, 2.75) is 44.6 Å². The molecule has 5 nitrogen and oxygen atoms in total. The molecule has 1 heterocycles. The minimum absolute atomic E-state index is 0. The van der Waals surface area contributed by atoms with E-state index in [0.717, 1.165) is 45.2 Å². The van der Waals surface area contributed by atoms with E-state index in [1.165, 1.54) is 7.11 Å². The highest BCUT2D eigenvalue weighted by molar-refractivity contribution is 5.85. The Morgan fingerprint density at radius 3 is 2.45 bits per heavy atom. The lowest BCUT2D eigenvalue weighted by Crippen LogP contribution is -2.43. The third-order valence-electron chi connectivity index (χ3n) is 4.10. The lowest BCUT2D eigenvalue weighted by atomic mass is 9.93. The molecule has 1 amide bonds. The Labute approximate surface area is 126 Å². The van der Waals surface area contributed by atoms with Gasteiger partial charge in [0, 0.05) is 6.42 Å². The molecule has 1 aliphatic carbocycles. The van der Waals surface area contributed by atoms with Gasteiger partial charge in [0.25, 0.3) is 0 Å². The van der Waals surface area contributed by atoms with Crippen LogP contribution in [0.1, 0.15) is 38.5 Å². The summed E-state index contributed by atoms with van der Waals surface area (Å²) in [6, 6.07) is -0.425. The van der Waals surface area contributed by atoms with E-state index in [2.05, 4.69) is 10.6 Å². The number of rotatable bonds is 6. The Morgan fingerprint density at radius 2 is 1.90 bits per heavy atom. The molecule has 6 heteroatoms. The molecule has 1 aliphatic heterocycles. The molecular weight excluding hydrogens is 280 g/mol. The molecular formula is C14H25ClN2O3. The molecule has 2 fully saturated rings. The number of piperidine rings is 1. The molecule has 0 radical (unpaired) electrons. The van der Waals surface area contributed by atoms with Crippen molar-refractivity contribution >= 4 is 24.3 Å². The van der Waals surface area contributed by atoms with Gasteiger partial charge in [-0.2, -0.15) is 0 Å². The topological polar surface area (TPSA) is 67.4 Å². The summed E-state index contributed by atoms with van der Waals surface area (Å²) in [7, 11) is 1.37. The number of methoxy groups -OCH3 is 1. The quantitative estimate of drug-likeness (QED) is 0.725. The third kappa shape index (κ3) is 5.29. The SMILES string of the molecule is COC(=O)C(NC(=O)CCC1CCNCC1)C1CC1.Cl. The number of halogens is 1. The number of amides is 1. The summed E-state index contributed by atoms with van der Waals surface area (Å²) in [4.78, 5) is 23.5. The Morgan fingerprint density at radius 1 is 1.25 bits per heavy atom. The van der Waals surface area contributed by atoms with Gasteiger partial charge in [0.1, 0.15) is 6.04 Å². The summed E-state index contributed by atoms with van der Waals surface area (Å²) < 4.78 is 4.75. The van der Waals surface area contributed by atoms with Gasteiger partial charge in [0.15, 0.2) is 0 Å². The van der Waals surface area contributed by atoms with Crippen LogP contribution in [0.25, 0.3) is 0 Å². The predicted molar refractivity (Wildman–Crippen MR) is 78.7 cm³/mol. The molecule has 2 aliphatic rings. The number of hydrogen-bond acceptors (Lipinski definition) is 4. The van der Waals surface area contributed by atoms with E-state index < -0.39 is 6.04 Å². The molecule has 0 aromatic heterocycles. The Bertz CT molecular complexity index is 328. The van der Waals surface area contributed by atoms with Crippen LogP contribution in [-0.4, -0.2) is 38.1 Å². The highest BCUT2D eigenvalue weighted by Gasteiger charge is 2.37. The lowest BCUT2D eigenvalue weighted by Gasteiger charge is -2.22. The van der Waals surface area contributed by atoms with Gasteiger partial charge in [0.2, 0.25) is 5.91 Å². The Hall–Kier alpha value is -0.810. The van der Waals surface area contributed by atoms with Crippen LogP contribution in [0.2, 0.25) is 0 Å². The molecule has 1 saturated heterocycles. The average molecular weight is 305 g/mol. The smallest absolute Gasteiger partial charge is 0.328 e. The van der Waals surface area contributed by atoms with Crippen LogP contribution in [0.15, 0.2) is 0 Å². The van der Waals surface area contributed by atoms with E-state index in [-0.39, 0.29) is 30.2 Å². The van der Waals surface area contributed by atoms with Crippen LogP contribution in [0.4, 0.5) is 0 Å². The molecule has 20 heavy (non-hydrogen) atoms. The fourth-order valence-electron chi connectivity index (χ4n) is 2.68. The van der Waals surface area contributed by atoms with Crippen molar-refractivity contribution in [1.29, 1.82) is 0 Å². The Kier molecular flexibility index (Phi) is 7.30. The van der Waals surface area contributed by atoms with Gasteiger partial charge in [-0.1, -0.05) is 0 Å². The van der Waals surface area contributed by atoms with Crippen LogP contribution in [0.3, 0.4) is 0 Å². The molecule has 0 aromatic rings. The van der Waals surface area contributed by atoms with Crippen molar-refractivity contribution in [2.75, 3.05) is 20.2 Å². The van der Waals surface area contributed by atoms with Crippen molar-refractivity contribution in [2.24, 2.45) is 11.8 Å². The summed E-state index contributed by atoms with van der Waals surface area (Å²) in [6.45, 7) is 2.11. The van der Waals surface area contributed by atoms with Gasteiger partial charge in [-0.15, -0.1) is 12.4 Å². The first-order valence-electron chi connectivity index (χ1n) is 7.28. The third-order valence-corrected chi connectivity index (χ3v) is 4.10. The molecule has 1 atom stereocenters. The standard InChI is InChI=1S/C14H24N2O3.ClH/c1-19-14(18)13(11-3-4-11)16-12(17)5-2-10-6-8-15-9-7-10;/h10-11,13,15H,2-9H2,1H3,(H,16,17);1H. The Balaban J connectivity index is 0.00000200. The average Bonchev–Trinajstić information content (AvgIpc) is 3.27. The zero-order valence-corrected chi connectivity index (χ0v) is 12.8. The van der Waals surface area contributed by atoms with Crippen LogP contribution in [-0.2, 0) is 14.3 Å². The molecule has 1 saturated carbocycles. The predicted octanol–water partition coefficient (Wildman–Crippen LogP) is 1.26. The summed E-state index contributed by atoms with van der Waals surface area (Å²) >= 11 is 0. The van der Waals surface area contributed by atoms with Crippen molar-refractivity contribution in [3.05, 3.63) is 0 Å². The highest BCUT2D eigenvalue weighted by atomic mass is 35.5. The highest BCUT2D eigenvalue weighted by Crippen LogP contribution is 2.33. The second-order valence-corrected chi connectivity index (χ2v) is 5.64. The molecule has 0 spiro atoms. The number of nitrogens with one attached hydrogen (secondary N) is 2. The number of ether oxygens (including phenoxy) is 1. The zero-order chi connectivity index (χ0) is 13.7. The van der Waals surface area contributed by atoms with Gasteiger partial charge < -0.3 is 15.4 Å². The lowest BCUT2D eigenvalue weighted by molar-refractivity contribution is -0.145. The second-order valence-electron chi connectivity index (χ2n) is 5.64. The molecule has 1 unspecified atom stereocenters. The normalized spacial score (nSPS) is 20.6. The summed E-state index contributed by atoms with van der Waals surface area (Å²) in [5.74, 6) is 0.610. The van der Waals surface area contributed by atoms with E-state index in [4.69, 9.17) is 4.74 Å². The van der Waals surface area contributed by atoms with E-state index in [1.807, 2.05) is 0 Å². The number of carbonyl (C=O) groups is 2. The van der Waals surface area contributed by atoms with Crippen LogP contribution < -0.4 is 10.6 Å². The molecule has 0 bridgehead atoms. The second kappa shape index (κ2) is 8.47. The van der Waals surface area contributed by atoms with Gasteiger partial charge in [-0.25, -0.2) is 4.79 Å². The van der Waals surface area contributed by atoms with Crippen LogP contribution >= 0.6 is 12.4 Å². The zero-order valence-electron chi connectivity index (χ0n) is 12.0. The maximum Gasteiger partial charge on any atom is 0.328 e. The van der Waals surface area contributed by atoms with Crippen molar-refractivity contribution in [3.63, 3.8) is 0 Å². The first-order chi connectivity index (χ1) is 9.20. The largest absolute Gasteiger partial charge is 0.467 e. The fourth-order valence-corrected chi connectivity index (χ4v) is 2.68. The molecule has 116 valence electrons. The van der Waals surface area contributed by atoms with E-state index in [0.29, 0.717) is 12.3 Å². The van der Waals surface area contributed by atoms with Crippen LogP contribution in [0, 0.1) is 11.8 Å². The van der Waals surface area contributed by atoms with Crippen molar-refractivity contribution in [3.8, 4) is 0 Å². The van der Waals surface area contributed by atoms with Gasteiger partial charge in [0.05, 0.1) is 7.11 Å². The molecule has 2 rings (SSSR count). The first-order valence-corrected chi connectivity index (χ1v) is 7.28. The maximum absolute atomic E-state index is 11.9. The minimum atomic E-state index is -0.425. The molecule has 0 aromatic carbocycles. The summed E-state index contributed by atoms with van der Waals surface area (Å²) in [6.07, 6.45) is 5.76. The number of carbonyl (C=O) groups excluding carboxylic acids is 2. The van der Waals surface area contributed by atoms with Crippen LogP contribution in [0.5, 0.6) is 0 Å². The number of hydrogen-bond donors (Lipinski definition) is 2. The van der Waals surface area contributed by atoms with Gasteiger partial charge in [-0.3, -0.25) is 4.79 Å². The van der Waals surface area contributed by atoms with Gasteiger partial charge in [-0.05, 0) is 57.0 Å². The minimum Gasteiger partial charge on any atom is -0.467 e. The molecule has 2 N–H and O–H groups in total. The first kappa shape index (κ1) is 17.2. The number of esters is 1. The van der Waals surface area contributed by atoms with Crippen molar-refractivity contribution < 1.29 is 14.3 Å². The van der Waals surface area contributed by atoms with E-state index >= 15 is 0 Å². The maximum atomic E-state index is 11.9.